The minimum atomic E-state index is -0.106. The third-order valence-electron chi connectivity index (χ3n) is 4.89. The number of ether oxygens (including phenoxy) is 1. The zero-order valence-corrected chi connectivity index (χ0v) is 17.2. The lowest BCUT2D eigenvalue weighted by Gasteiger charge is -2.32. The Morgan fingerprint density at radius 1 is 1.16 bits per heavy atom. The van der Waals surface area contributed by atoms with Crippen LogP contribution in [0.25, 0.3) is 10.2 Å². The van der Waals surface area contributed by atoms with Gasteiger partial charge in [0.25, 0.3) is 0 Å². The first-order chi connectivity index (χ1) is 11.9. The number of hydrogen-bond acceptors (Lipinski definition) is 6. The molecule has 25 heavy (non-hydrogen) atoms. The SMILES string of the molecule is CC(C)Sc1nc(N2CCCCC2)c2c3c(sc2n1)COC(C)(C)C3. The van der Waals surface area contributed by atoms with E-state index in [1.165, 1.54) is 40.9 Å². The van der Waals surface area contributed by atoms with E-state index in [4.69, 9.17) is 14.7 Å². The van der Waals surface area contributed by atoms with Gasteiger partial charge in [-0.2, -0.15) is 0 Å². The van der Waals surface area contributed by atoms with Crippen molar-refractivity contribution in [2.45, 2.75) is 76.0 Å². The maximum Gasteiger partial charge on any atom is 0.191 e. The summed E-state index contributed by atoms with van der Waals surface area (Å²) in [4.78, 5) is 14.9. The first kappa shape index (κ1) is 17.6. The molecule has 0 saturated carbocycles. The lowest BCUT2D eigenvalue weighted by Crippen LogP contribution is -2.32. The number of aromatic nitrogens is 2. The van der Waals surface area contributed by atoms with E-state index >= 15 is 0 Å². The van der Waals surface area contributed by atoms with Crippen molar-refractivity contribution < 1.29 is 4.74 Å². The smallest absolute Gasteiger partial charge is 0.191 e. The maximum absolute atomic E-state index is 6.04. The molecule has 4 rings (SSSR count). The Morgan fingerprint density at radius 2 is 1.92 bits per heavy atom. The van der Waals surface area contributed by atoms with Crippen LogP contribution in [0, 0.1) is 0 Å². The van der Waals surface area contributed by atoms with E-state index in [0.717, 1.165) is 29.5 Å². The summed E-state index contributed by atoms with van der Waals surface area (Å²) in [6, 6.07) is 0. The zero-order chi connectivity index (χ0) is 17.6. The summed E-state index contributed by atoms with van der Waals surface area (Å²) in [5.41, 5.74) is 1.32. The Labute approximate surface area is 158 Å². The molecule has 0 atom stereocenters. The zero-order valence-electron chi connectivity index (χ0n) is 15.6. The fraction of sp³-hybridized carbons (Fsp3) is 0.684. The molecule has 2 aliphatic rings. The van der Waals surface area contributed by atoms with Crippen LogP contribution in [-0.2, 0) is 17.8 Å². The number of fused-ring (bicyclic) bond motifs is 3. The van der Waals surface area contributed by atoms with Gasteiger partial charge in [0.05, 0.1) is 17.6 Å². The number of thioether (sulfide) groups is 1. The largest absolute Gasteiger partial charge is 0.370 e. The van der Waals surface area contributed by atoms with Crippen LogP contribution < -0.4 is 4.90 Å². The number of thiophene rings is 1. The summed E-state index contributed by atoms with van der Waals surface area (Å²) < 4.78 is 6.04. The average molecular weight is 378 g/mol. The molecule has 136 valence electrons. The van der Waals surface area contributed by atoms with E-state index < -0.39 is 0 Å². The van der Waals surface area contributed by atoms with Gasteiger partial charge in [0.2, 0.25) is 0 Å². The Kier molecular flexibility index (Phi) is 4.71. The van der Waals surface area contributed by atoms with Gasteiger partial charge in [-0.05, 0) is 38.7 Å². The lowest BCUT2D eigenvalue weighted by atomic mass is 9.94. The molecule has 2 aromatic heterocycles. The third kappa shape index (κ3) is 3.53. The van der Waals surface area contributed by atoms with E-state index in [2.05, 4.69) is 32.6 Å². The molecule has 6 heteroatoms. The minimum absolute atomic E-state index is 0.106. The molecule has 0 bridgehead atoms. The van der Waals surface area contributed by atoms with E-state index in [1.54, 1.807) is 23.1 Å². The van der Waals surface area contributed by atoms with Crippen molar-refractivity contribution >= 4 is 39.1 Å². The summed E-state index contributed by atoms with van der Waals surface area (Å²) >= 11 is 3.57. The van der Waals surface area contributed by atoms with Crippen molar-refractivity contribution in [2.24, 2.45) is 0 Å². The van der Waals surface area contributed by atoms with Crippen LogP contribution in [-0.4, -0.2) is 33.9 Å². The highest BCUT2D eigenvalue weighted by Gasteiger charge is 2.32. The van der Waals surface area contributed by atoms with Crippen molar-refractivity contribution in [3.8, 4) is 0 Å². The molecule has 0 unspecified atom stereocenters. The predicted octanol–water partition coefficient (Wildman–Crippen LogP) is 5.03. The summed E-state index contributed by atoms with van der Waals surface area (Å²) in [5, 5.41) is 2.71. The Bertz CT molecular complexity index is 779. The van der Waals surface area contributed by atoms with Gasteiger partial charge < -0.3 is 9.64 Å². The molecule has 0 aromatic carbocycles. The second kappa shape index (κ2) is 6.71. The van der Waals surface area contributed by atoms with Crippen LogP contribution in [0.3, 0.4) is 0 Å². The topological polar surface area (TPSA) is 38.2 Å². The Morgan fingerprint density at radius 3 is 2.64 bits per heavy atom. The molecule has 0 spiro atoms. The molecule has 2 aromatic rings. The summed E-state index contributed by atoms with van der Waals surface area (Å²) in [7, 11) is 0. The molecule has 2 aliphatic heterocycles. The average Bonchev–Trinajstić information content (AvgIpc) is 2.91. The first-order valence-electron chi connectivity index (χ1n) is 9.31. The molecular weight excluding hydrogens is 350 g/mol. The van der Waals surface area contributed by atoms with E-state index in [9.17, 15) is 0 Å². The first-order valence-corrected chi connectivity index (χ1v) is 11.0. The quantitative estimate of drug-likeness (QED) is 0.554. The maximum atomic E-state index is 6.04. The standard InChI is InChI=1S/C19H27N3OS2/c1-12(2)24-18-20-16(22-8-6-5-7-9-22)15-13-10-19(3,4)23-11-14(13)25-17(15)21-18/h12H,5-11H2,1-4H3. The molecule has 4 heterocycles. The van der Waals surface area contributed by atoms with E-state index in [0.29, 0.717) is 11.9 Å². The number of rotatable bonds is 3. The van der Waals surface area contributed by atoms with E-state index in [1.807, 2.05) is 0 Å². The minimum Gasteiger partial charge on any atom is -0.370 e. The number of nitrogens with zero attached hydrogens (tertiary/aromatic N) is 3. The molecule has 4 nitrogen and oxygen atoms in total. The second-order valence-corrected chi connectivity index (χ2v) is 10.6. The van der Waals surface area contributed by atoms with E-state index in [-0.39, 0.29) is 5.60 Å². The van der Waals surface area contributed by atoms with Gasteiger partial charge in [0.15, 0.2) is 5.16 Å². The summed E-state index contributed by atoms with van der Waals surface area (Å²) in [5.74, 6) is 1.17. The Hall–Kier alpha value is -0.850. The highest BCUT2D eigenvalue weighted by Crippen LogP contribution is 2.43. The normalized spacial score (nSPS) is 20.3. The fourth-order valence-corrected chi connectivity index (χ4v) is 5.56. The molecule has 0 aliphatic carbocycles. The van der Waals surface area contributed by atoms with Crippen molar-refractivity contribution in [1.29, 1.82) is 0 Å². The van der Waals surface area contributed by atoms with Gasteiger partial charge in [-0.1, -0.05) is 25.6 Å². The van der Waals surface area contributed by atoms with Crippen LogP contribution in [0.1, 0.15) is 57.4 Å². The van der Waals surface area contributed by atoms with Crippen molar-refractivity contribution in [2.75, 3.05) is 18.0 Å². The Balaban J connectivity index is 1.87. The summed E-state index contributed by atoms with van der Waals surface area (Å²) in [6.45, 7) is 11.7. The highest BCUT2D eigenvalue weighted by atomic mass is 32.2. The van der Waals surface area contributed by atoms with Crippen molar-refractivity contribution in [3.05, 3.63) is 10.4 Å². The number of hydrogen-bond donors (Lipinski definition) is 0. The molecule has 0 N–H and O–H groups in total. The number of piperidine rings is 1. The van der Waals surface area contributed by atoms with Crippen LogP contribution in [0.5, 0.6) is 0 Å². The molecular formula is C19H27N3OS2. The second-order valence-electron chi connectivity index (χ2n) is 7.95. The highest BCUT2D eigenvalue weighted by molar-refractivity contribution is 7.99. The molecule has 0 amide bonds. The van der Waals surface area contributed by atoms with Crippen LogP contribution >= 0.6 is 23.1 Å². The van der Waals surface area contributed by atoms with Gasteiger partial charge in [-0.3, -0.25) is 0 Å². The molecule has 0 radical (unpaired) electrons. The van der Waals surface area contributed by atoms with Crippen LogP contribution in [0.2, 0.25) is 0 Å². The van der Waals surface area contributed by atoms with Gasteiger partial charge in [0.1, 0.15) is 10.6 Å². The summed E-state index contributed by atoms with van der Waals surface area (Å²) in [6.07, 6.45) is 4.81. The monoisotopic (exact) mass is 377 g/mol. The van der Waals surface area contributed by atoms with Gasteiger partial charge in [0, 0.05) is 29.6 Å². The molecule has 1 fully saturated rings. The van der Waals surface area contributed by atoms with Crippen LogP contribution in [0.4, 0.5) is 5.82 Å². The third-order valence-corrected chi connectivity index (χ3v) is 6.85. The molecule has 1 saturated heterocycles. The van der Waals surface area contributed by atoms with Crippen molar-refractivity contribution in [1.82, 2.24) is 9.97 Å². The fourth-order valence-electron chi connectivity index (χ4n) is 3.70. The van der Waals surface area contributed by atoms with Crippen LogP contribution in [0.15, 0.2) is 5.16 Å². The predicted molar refractivity (Wildman–Crippen MR) is 107 cm³/mol. The van der Waals surface area contributed by atoms with Gasteiger partial charge in [-0.15, -0.1) is 11.3 Å². The van der Waals surface area contributed by atoms with Gasteiger partial charge in [-0.25, -0.2) is 9.97 Å². The van der Waals surface area contributed by atoms with Gasteiger partial charge >= 0.3 is 0 Å². The lowest BCUT2D eigenvalue weighted by molar-refractivity contribution is -0.0379. The number of anilines is 1. The van der Waals surface area contributed by atoms with Crippen molar-refractivity contribution in [3.63, 3.8) is 0 Å².